The fourth-order valence-electron chi connectivity index (χ4n) is 1.38. The third kappa shape index (κ3) is 1.33. The van der Waals surface area contributed by atoms with Crippen molar-refractivity contribution in [3.8, 4) is 0 Å². The first kappa shape index (κ1) is 7.35. The normalized spacial score (nSPS) is 16.2. The Morgan fingerprint density at radius 3 is 3.00 bits per heavy atom. The van der Waals surface area contributed by atoms with E-state index in [4.69, 9.17) is 0 Å². The van der Waals surface area contributed by atoms with Crippen molar-refractivity contribution in [3.63, 3.8) is 0 Å². The van der Waals surface area contributed by atoms with Crippen LogP contribution in [0.15, 0.2) is 30.8 Å². The lowest BCUT2D eigenvalue weighted by Crippen LogP contribution is -1.95. The van der Waals surface area contributed by atoms with Crippen molar-refractivity contribution in [1.29, 1.82) is 0 Å². The van der Waals surface area contributed by atoms with E-state index in [1.807, 2.05) is 13.3 Å². The van der Waals surface area contributed by atoms with Crippen LogP contribution in [0.5, 0.6) is 0 Å². The SMILES string of the molecule is Cc1cn(C2=CC=CCC2)cn1. The number of hydrogen-bond donors (Lipinski definition) is 0. The summed E-state index contributed by atoms with van der Waals surface area (Å²) in [5.74, 6) is 0. The van der Waals surface area contributed by atoms with E-state index >= 15 is 0 Å². The van der Waals surface area contributed by atoms with Gasteiger partial charge in [0.15, 0.2) is 0 Å². The molecule has 0 saturated carbocycles. The number of nitrogens with zero attached hydrogens (tertiary/aromatic N) is 2. The van der Waals surface area contributed by atoms with Crippen LogP contribution in [0.4, 0.5) is 0 Å². The predicted molar refractivity (Wildman–Crippen MR) is 49.6 cm³/mol. The monoisotopic (exact) mass is 160 g/mol. The summed E-state index contributed by atoms with van der Waals surface area (Å²) < 4.78 is 2.10. The second-order valence-corrected chi connectivity index (χ2v) is 3.05. The van der Waals surface area contributed by atoms with E-state index in [2.05, 4.69) is 34.0 Å². The van der Waals surface area contributed by atoms with E-state index in [9.17, 15) is 0 Å². The Kier molecular flexibility index (Phi) is 1.82. The van der Waals surface area contributed by atoms with Crippen molar-refractivity contribution in [3.05, 3.63) is 36.4 Å². The van der Waals surface area contributed by atoms with Crippen LogP contribution >= 0.6 is 0 Å². The second kappa shape index (κ2) is 2.97. The van der Waals surface area contributed by atoms with Gasteiger partial charge in [0.25, 0.3) is 0 Å². The molecule has 2 rings (SSSR count). The highest BCUT2D eigenvalue weighted by molar-refractivity contribution is 5.50. The fraction of sp³-hybridized carbons (Fsp3) is 0.300. The Bertz CT molecular complexity index is 331. The molecule has 2 heteroatoms. The molecule has 1 aromatic rings. The predicted octanol–water partition coefficient (Wildman–Crippen LogP) is 2.38. The van der Waals surface area contributed by atoms with Gasteiger partial charge in [-0.3, -0.25) is 0 Å². The van der Waals surface area contributed by atoms with Gasteiger partial charge in [-0.25, -0.2) is 4.98 Å². The van der Waals surface area contributed by atoms with Gasteiger partial charge in [-0.05, 0) is 25.8 Å². The maximum atomic E-state index is 4.19. The van der Waals surface area contributed by atoms with Gasteiger partial charge in [0.1, 0.15) is 0 Å². The summed E-state index contributed by atoms with van der Waals surface area (Å²) in [6, 6.07) is 0. The zero-order valence-corrected chi connectivity index (χ0v) is 7.20. The van der Waals surface area contributed by atoms with E-state index < -0.39 is 0 Å². The molecule has 0 fully saturated rings. The second-order valence-electron chi connectivity index (χ2n) is 3.05. The molecule has 0 N–H and O–H groups in total. The van der Waals surface area contributed by atoms with Gasteiger partial charge in [-0.15, -0.1) is 0 Å². The quantitative estimate of drug-likeness (QED) is 0.616. The Morgan fingerprint density at radius 2 is 2.42 bits per heavy atom. The number of allylic oxidation sites excluding steroid dienone is 4. The van der Waals surface area contributed by atoms with Crippen LogP contribution in [0, 0.1) is 6.92 Å². The topological polar surface area (TPSA) is 17.8 Å². The van der Waals surface area contributed by atoms with Crippen LogP contribution < -0.4 is 0 Å². The summed E-state index contributed by atoms with van der Waals surface area (Å²) in [5.41, 5.74) is 2.41. The van der Waals surface area contributed by atoms with Crippen LogP contribution in [0.1, 0.15) is 18.5 Å². The van der Waals surface area contributed by atoms with E-state index in [0.717, 1.165) is 18.5 Å². The molecule has 62 valence electrons. The lowest BCUT2D eigenvalue weighted by Gasteiger charge is -2.08. The molecule has 0 aliphatic heterocycles. The first-order chi connectivity index (χ1) is 5.86. The van der Waals surface area contributed by atoms with Crippen molar-refractivity contribution >= 4 is 5.70 Å². The van der Waals surface area contributed by atoms with Crippen LogP contribution in [0.2, 0.25) is 0 Å². The molecule has 1 aliphatic rings. The molecule has 0 atom stereocenters. The lowest BCUT2D eigenvalue weighted by atomic mass is 10.1. The van der Waals surface area contributed by atoms with E-state index in [0.29, 0.717) is 0 Å². The fourth-order valence-corrected chi connectivity index (χ4v) is 1.38. The van der Waals surface area contributed by atoms with Crippen molar-refractivity contribution in [2.24, 2.45) is 0 Å². The van der Waals surface area contributed by atoms with Crippen LogP contribution in [0.3, 0.4) is 0 Å². The molecular weight excluding hydrogens is 148 g/mol. The zero-order chi connectivity index (χ0) is 8.39. The molecular formula is C10H12N2. The third-order valence-electron chi connectivity index (χ3n) is 2.04. The maximum Gasteiger partial charge on any atom is 0.0992 e. The molecule has 0 amide bonds. The van der Waals surface area contributed by atoms with Gasteiger partial charge in [-0.1, -0.05) is 12.2 Å². The standard InChI is InChI=1S/C10H12N2/c1-9-7-12(8-11-9)10-5-3-2-4-6-10/h2-3,5,7-8H,4,6H2,1H3. The minimum Gasteiger partial charge on any atom is -0.310 e. The van der Waals surface area contributed by atoms with Gasteiger partial charge in [0.05, 0.1) is 12.0 Å². The Balaban J connectivity index is 2.30. The molecule has 12 heavy (non-hydrogen) atoms. The number of rotatable bonds is 1. The summed E-state index contributed by atoms with van der Waals surface area (Å²) in [6.07, 6.45) is 12.6. The average molecular weight is 160 g/mol. The van der Waals surface area contributed by atoms with Crippen molar-refractivity contribution in [2.45, 2.75) is 19.8 Å². The van der Waals surface area contributed by atoms with Gasteiger partial charge >= 0.3 is 0 Å². The zero-order valence-electron chi connectivity index (χ0n) is 7.20. The highest BCUT2D eigenvalue weighted by Gasteiger charge is 2.01. The van der Waals surface area contributed by atoms with Gasteiger partial charge in [0.2, 0.25) is 0 Å². The minimum absolute atomic E-state index is 1.07. The Morgan fingerprint density at radius 1 is 1.50 bits per heavy atom. The van der Waals surface area contributed by atoms with Crippen molar-refractivity contribution < 1.29 is 0 Å². The van der Waals surface area contributed by atoms with Crippen LogP contribution in [-0.4, -0.2) is 9.55 Å². The molecule has 1 aromatic heterocycles. The molecule has 0 unspecified atom stereocenters. The minimum atomic E-state index is 1.07. The Labute approximate surface area is 72.2 Å². The first-order valence-electron chi connectivity index (χ1n) is 4.23. The number of aromatic nitrogens is 2. The molecule has 0 aromatic carbocycles. The highest BCUT2D eigenvalue weighted by atomic mass is 15.0. The van der Waals surface area contributed by atoms with E-state index in [1.165, 1.54) is 5.70 Å². The van der Waals surface area contributed by atoms with Crippen LogP contribution in [0.25, 0.3) is 5.70 Å². The largest absolute Gasteiger partial charge is 0.310 e. The summed E-state index contributed by atoms with van der Waals surface area (Å²) in [4.78, 5) is 4.19. The molecule has 0 radical (unpaired) electrons. The summed E-state index contributed by atoms with van der Waals surface area (Å²) in [6.45, 7) is 2.01. The van der Waals surface area contributed by atoms with E-state index in [1.54, 1.807) is 0 Å². The molecule has 0 spiro atoms. The summed E-state index contributed by atoms with van der Waals surface area (Å²) >= 11 is 0. The smallest absolute Gasteiger partial charge is 0.0992 e. The van der Waals surface area contributed by atoms with Crippen LogP contribution in [-0.2, 0) is 0 Å². The third-order valence-corrected chi connectivity index (χ3v) is 2.04. The summed E-state index contributed by atoms with van der Waals surface area (Å²) in [5, 5.41) is 0. The highest BCUT2D eigenvalue weighted by Crippen LogP contribution is 2.16. The lowest BCUT2D eigenvalue weighted by molar-refractivity contribution is 0.939. The van der Waals surface area contributed by atoms with Crippen molar-refractivity contribution in [1.82, 2.24) is 9.55 Å². The van der Waals surface area contributed by atoms with Gasteiger partial charge in [-0.2, -0.15) is 0 Å². The van der Waals surface area contributed by atoms with E-state index in [-0.39, 0.29) is 0 Å². The number of hydrogen-bond acceptors (Lipinski definition) is 1. The summed E-state index contributed by atoms with van der Waals surface area (Å²) in [7, 11) is 0. The number of imidazole rings is 1. The Hall–Kier alpha value is -1.31. The average Bonchev–Trinajstić information content (AvgIpc) is 2.54. The van der Waals surface area contributed by atoms with Crippen molar-refractivity contribution in [2.75, 3.05) is 0 Å². The molecule has 1 heterocycles. The molecule has 0 saturated heterocycles. The molecule has 0 bridgehead atoms. The molecule has 2 nitrogen and oxygen atoms in total. The first-order valence-corrected chi connectivity index (χ1v) is 4.23. The molecule has 1 aliphatic carbocycles. The van der Waals surface area contributed by atoms with Gasteiger partial charge < -0.3 is 4.57 Å². The van der Waals surface area contributed by atoms with Gasteiger partial charge in [0, 0.05) is 11.9 Å². The maximum absolute atomic E-state index is 4.19. The number of aryl methyl sites for hydroxylation is 1.